The van der Waals surface area contributed by atoms with Crippen molar-refractivity contribution in [1.82, 2.24) is 5.16 Å². The Morgan fingerprint density at radius 1 is 1.29 bits per heavy atom. The second-order valence-corrected chi connectivity index (χ2v) is 10.5. The van der Waals surface area contributed by atoms with Gasteiger partial charge in [-0.25, -0.2) is 13.1 Å². The highest BCUT2D eigenvalue weighted by Crippen LogP contribution is 2.37. The third kappa shape index (κ3) is 4.32. The van der Waals surface area contributed by atoms with Crippen LogP contribution in [0.5, 0.6) is 0 Å². The van der Waals surface area contributed by atoms with Crippen molar-refractivity contribution < 1.29 is 12.9 Å². The summed E-state index contributed by atoms with van der Waals surface area (Å²) in [7, 11) is -3.85. The molecule has 0 fully saturated rings. The molecule has 0 aliphatic heterocycles. The van der Waals surface area contributed by atoms with Crippen LogP contribution >= 0.6 is 27.3 Å². The van der Waals surface area contributed by atoms with E-state index >= 15 is 0 Å². The van der Waals surface area contributed by atoms with Gasteiger partial charge in [0.05, 0.1) is 5.69 Å². The van der Waals surface area contributed by atoms with Gasteiger partial charge >= 0.3 is 0 Å². The molecule has 3 aromatic rings. The maximum Gasteiger partial charge on any atom is 0.274 e. The van der Waals surface area contributed by atoms with E-state index in [1.807, 2.05) is 12.1 Å². The van der Waals surface area contributed by atoms with Crippen molar-refractivity contribution in [2.24, 2.45) is 11.7 Å². The van der Waals surface area contributed by atoms with E-state index in [1.165, 1.54) is 5.56 Å². The van der Waals surface area contributed by atoms with Gasteiger partial charge in [-0.2, -0.15) is 0 Å². The molecular weight excluding hydrogens is 462 g/mol. The molecule has 28 heavy (non-hydrogen) atoms. The number of hydrogen-bond acceptors (Lipinski definition) is 6. The van der Waals surface area contributed by atoms with Gasteiger partial charge < -0.3 is 10.3 Å². The first-order chi connectivity index (χ1) is 13.2. The maximum absolute atomic E-state index is 13.0. The van der Waals surface area contributed by atoms with Crippen LogP contribution < -0.4 is 10.5 Å². The number of benzene rings is 1. The predicted molar refractivity (Wildman–Crippen MR) is 116 cm³/mol. The average Bonchev–Trinajstić information content (AvgIpc) is 3.24. The fourth-order valence-corrected chi connectivity index (χ4v) is 5.72. The first-order valence-electron chi connectivity index (χ1n) is 8.77. The van der Waals surface area contributed by atoms with Gasteiger partial charge in [0.25, 0.3) is 15.9 Å². The summed E-state index contributed by atoms with van der Waals surface area (Å²) in [5, 5.41) is 5.52. The zero-order valence-corrected chi connectivity index (χ0v) is 19.0. The molecule has 0 saturated carbocycles. The maximum atomic E-state index is 13.0. The monoisotopic (exact) mass is 483 g/mol. The molecule has 0 aliphatic carbocycles. The summed E-state index contributed by atoms with van der Waals surface area (Å²) in [6, 6.07) is 7.85. The Balaban J connectivity index is 2.00. The summed E-state index contributed by atoms with van der Waals surface area (Å²) in [5.74, 6) is 0.588. The Labute approximate surface area is 177 Å². The van der Waals surface area contributed by atoms with E-state index in [-0.39, 0.29) is 10.1 Å². The summed E-state index contributed by atoms with van der Waals surface area (Å²) < 4.78 is 34.2. The van der Waals surface area contributed by atoms with Crippen LogP contribution in [0.2, 0.25) is 0 Å². The number of nitrogens with zero attached hydrogens (tertiary/aromatic N) is 1. The highest BCUT2D eigenvalue weighted by molar-refractivity contribution is 9.10. The van der Waals surface area contributed by atoms with E-state index in [0.717, 1.165) is 28.9 Å². The van der Waals surface area contributed by atoms with Crippen molar-refractivity contribution in [2.75, 3.05) is 4.72 Å². The van der Waals surface area contributed by atoms with E-state index in [1.54, 1.807) is 18.4 Å². The summed E-state index contributed by atoms with van der Waals surface area (Å²) in [6.45, 7) is 6.37. The number of nitrogens with one attached hydrogen (secondary N) is 1. The van der Waals surface area contributed by atoms with Crippen LogP contribution in [0.3, 0.4) is 0 Å². The quantitative estimate of drug-likeness (QED) is 0.496. The molecule has 0 bridgehead atoms. The SMILES string of the molecule is Cc1noc(NS(=O)(=O)c2sccc2-c2ccc(CC(C)C)cc2CN)c1Br. The van der Waals surface area contributed by atoms with Gasteiger partial charge in [-0.05, 0) is 63.3 Å². The Kier molecular flexibility index (Phi) is 6.28. The Morgan fingerprint density at radius 2 is 2.04 bits per heavy atom. The molecule has 6 nitrogen and oxygen atoms in total. The van der Waals surface area contributed by atoms with Gasteiger partial charge in [0.1, 0.15) is 8.68 Å². The summed E-state index contributed by atoms with van der Waals surface area (Å²) in [5.41, 5.74) is 10.1. The standard InChI is InChI=1S/C19H22BrN3O3S2/c1-11(2)8-13-4-5-15(14(9-13)10-21)16-6-7-27-19(16)28(24,25)23-18-17(20)12(3)22-26-18/h4-7,9,11,23H,8,10,21H2,1-3H3. The number of rotatable bonds is 7. The first-order valence-corrected chi connectivity index (χ1v) is 11.9. The molecule has 150 valence electrons. The van der Waals surface area contributed by atoms with Crippen molar-refractivity contribution in [3.63, 3.8) is 0 Å². The van der Waals surface area contributed by atoms with Crippen molar-refractivity contribution in [3.05, 3.63) is 50.9 Å². The molecule has 1 aromatic carbocycles. The number of thiophene rings is 1. The lowest BCUT2D eigenvalue weighted by molar-refractivity contribution is 0.430. The fourth-order valence-electron chi connectivity index (χ4n) is 2.97. The van der Waals surface area contributed by atoms with Crippen LogP contribution in [-0.4, -0.2) is 13.6 Å². The van der Waals surface area contributed by atoms with Crippen LogP contribution in [0.15, 0.2) is 42.9 Å². The van der Waals surface area contributed by atoms with Crippen LogP contribution in [0.1, 0.15) is 30.7 Å². The number of hydrogen-bond donors (Lipinski definition) is 2. The summed E-state index contributed by atoms with van der Waals surface area (Å²) in [6.07, 6.45) is 0.947. The van der Waals surface area contributed by atoms with Crippen LogP contribution in [0.25, 0.3) is 11.1 Å². The molecule has 0 spiro atoms. The molecule has 9 heteroatoms. The number of sulfonamides is 1. The van der Waals surface area contributed by atoms with Gasteiger partial charge in [0.2, 0.25) is 0 Å². The zero-order valence-electron chi connectivity index (χ0n) is 15.8. The van der Waals surface area contributed by atoms with Crippen molar-refractivity contribution in [1.29, 1.82) is 0 Å². The number of anilines is 1. The second kappa shape index (κ2) is 8.36. The Hall–Kier alpha value is -1.68. The highest BCUT2D eigenvalue weighted by atomic mass is 79.9. The number of aromatic nitrogens is 1. The lowest BCUT2D eigenvalue weighted by atomic mass is 9.95. The minimum Gasteiger partial charge on any atom is -0.336 e. The van der Waals surface area contributed by atoms with Gasteiger partial charge in [-0.1, -0.05) is 37.2 Å². The molecule has 0 saturated heterocycles. The average molecular weight is 484 g/mol. The molecule has 3 rings (SSSR count). The van der Waals surface area contributed by atoms with Gasteiger partial charge in [0, 0.05) is 12.1 Å². The van der Waals surface area contributed by atoms with E-state index in [0.29, 0.717) is 28.2 Å². The van der Waals surface area contributed by atoms with E-state index in [9.17, 15) is 8.42 Å². The minimum atomic E-state index is -3.85. The van der Waals surface area contributed by atoms with Crippen LogP contribution in [-0.2, 0) is 23.0 Å². The molecule has 0 radical (unpaired) electrons. The van der Waals surface area contributed by atoms with E-state index in [4.69, 9.17) is 10.3 Å². The number of nitrogens with two attached hydrogens (primary N) is 1. The highest BCUT2D eigenvalue weighted by Gasteiger charge is 2.25. The topological polar surface area (TPSA) is 98.2 Å². The first kappa shape index (κ1) is 21.0. The van der Waals surface area contributed by atoms with Crippen molar-refractivity contribution in [3.8, 4) is 11.1 Å². The number of halogens is 1. The third-order valence-electron chi connectivity index (χ3n) is 4.22. The van der Waals surface area contributed by atoms with Crippen LogP contribution in [0.4, 0.5) is 5.88 Å². The Morgan fingerprint density at radius 3 is 2.64 bits per heavy atom. The van der Waals surface area contributed by atoms with E-state index in [2.05, 4.69) is 45.7 Å². The largest absolute Gasteiger partial charge is 0.336 e. The van der Waals surface area contributed by atoms with E-state index < -0.39 is 10.0 Å². The normalized spacial score (nSPS) is 11.9. The molecule has 0 aliphatic rings. The second-order valence-electron chi connectivity index (χ2n) is 6.93. The van der Waals surface area contributed by atoms with Gasteiger partial charge in [-0.3, -0.25) is 0 Å². The molecule has 2 aromatic heterocycles. The van der Waals surface area contributed by atoms with Gasteiger partial charge in [0.15, 0.2) is 0 Å². The predicted octanol–water partition coefficient (Wildman–Crippen LogP) is 4.93. The smallest absolute Gasteiger partial charge is 0.274 e. The molecule has 0 atom stereocenters. The fraction of sp³-hybridized carbons (Fsp3) is 0.316. The zero-order chi connectivity index (χ0) is 20.5. The summed E-state index contributed by atoms with van der Waals surface area (Å²) in [4.78, 5) is 0. The summed E-state index contributed by atoms with van der Waals surface area (Å²) >= 11 is 4.43. The lowest BCUT2D eigenvalue weighted by Gasteiger charge is -2.13. The van der Waals surface area contributed by atoms with Gasteiger partial charge in [-0.15, -0.1) is 11.3 Å². The molecule has 3 N–H and O–H groups in total. The molecular formula is C19H22BrN3O3S2. The molecule has 0 unspecified atom stereocenters. The van der Waals surface area contributed by atoms with Crippen molar-refractivity contribution >= 4 is 43.2 Å². The number of aryl methyl sites for hydroxylation is 1. The molecule has 2 heterocycles. The lowest BCUT2D eigenvalue weighted by Crippen LogP contribution is -2.12. The molecule has 0 amide bonds. The Bertz CT molecular complexity index is 1090. The van der Waals surface area contributed by atoms with Crippen molar-refractivity contribution in [2.45, 2.75) is 37.9 Å². The van der Waals surface area contributed by atoms with Crippen LogP contribution in [0, 0.1) is 12.8 Å². The minimum absolute atomic E-state index is 0.0585. The third-order valence-corrected chi connectivity index (χ3v) is 7.96.